The normalized spacial score (nSPS) is 12.6. The van der Waals surface area contributed by atoms with Gasteiger partial charge in [0.05, 0.1) is 11.9 Å². The van der Waals surface area contributed by atoms with Gasteiger partial charge in [0.1, 0.15) is 23.3 Å². The van der Waals surface area contributed by atoms with Gasteiger partial charge in [0.25, 0.3) is 0 Å². The first kappa shape index (κ1) is 14.4. The lowest BCUT2D eigenvalue weighted by Gasteiger charge is -2.09. The van der Waals surface area contributed by atoms with Gasteiger partial charge in [-0.1, -0.05) is 19.1 Å². The van der Waals surface area contributed by atoms with Crippen molar-refractivity contribution >= 4 is 11.3 Å². The molecular formula is C17H15FN6. The molecule has 3 heterocycles. The lowest BCUT2D eigenvalue weighted by atomic mass is 10.0. The molecule has 3 aromatic heterocycles. The molecule has 0 aliphatic heterocycles. The standard InChI is InChI=1S/C17H15FN6/c1-11(14-6-7-16-17(19)20-10-22-24(14)16)12-8-21-23(9-12)15-5-3-2-4-13(15)18/h2-11H,1H3,(H2,19,20,22). The van der Waals surface area contributed by atoms with Crippen LogP contribution in [-0.2, 0) is 0 Å². The Morgan fingerprint density at radius 2 is 1.96 bits per heavy atom. The van der Waals surface area contributed by atoms with Crippen LogP contribution in [0.5, 0.6) is 0 Å². The van der Waals surface area contributed by atoms with Crippen LogP contribution in [0.3, 0.4) is 0 Å². The number of halogens is 1. The van der Waals surface area contributed by atoms with E-state index in [0.29, 0.717) is 11.5 Å². The molecule has 0 aliphatic carbocycles. The van der Waals surface area contributed by atoms with Crippen LogP contribution in [0.1, 0.15) is 24.1 Å². The second kappa shape index (κ2) is 5.45. The zero-order chi connectivity index (χ0) is 16.7. The van der Waals surface area contributed by atoms with E-state index in [2.05, 4.69) is 15.2 Å². The Hall–Kier alpha value is -3.22. The summed E-state index contributed by atoms with van der Waals surface area (Å²) in [6.07, 6.45) is 5.00. The van der Waals surface area contributed by atoms with E-state index in [4.69, 9.17) is 5.73 Å². The molecule has 0 fully saturated rings. The molecule has 1 atom stereocenters. The van der Waals surface area contributed by atoms with Crippen molar-refractivity contribution in [1.82, 2.24) is 24.4 Å². The summed E-state index contributed by atoms with van der Waals surface area (Å²) in [6.45, 7) is 2.04. The minimum Gasteiger partial charge on any atom is -0.382 e. The first-order valence-corrected chi connectivity index (χ1v) is 7.52. The smallest absolute Gasteiger partial charge is 0.151 e. The summed E-state index contributed by atoms with van der Waals surface area (Å²) < 4.78 is 17.2. The largest absolute Gasteiger partial charge is 0.382 e. The molecule has 0 aliphatic rings. The van der Waals surface area contributed by atoms with E-state index in [0.717, 1.165) is 16.8 Å². The Bertz CT molecular complexity index is 1020. The quantitative estimate of drug-likeness (QED) is 0.629. The average molecular weight is 322 g/mol. The van der Waals surface area contributed by atoms with E-state index < -0.39 is 0 Å². The molecule has 24 heavy (non-hydrogen) atoms. The maximum absolute atomic E-state index is 13.9. The van der Waals surface area contributed by atoms with E-state index in [1.807, 2.05) is 25.3 Å². The van der Waals surface area contributed by atoms with E-state index >= 15 is 0 Å². The highest BCUT2D eigenvalue weighted by Crippen LogP contribution is 2.27. The van der Waals surface area contributed by atoms with Crippen molar-refractivity contribution in [3.63, 3.8) is 0 Å². The molecule has 4 rings (SSSR count). The maximum Gasteiger partial charge on any atom is 0.151 e. The second-order valence-electron chi connectivity index (χ2n) is 5.59. The molecule has 1 aromatic carbocycles. The minimum atomic E-state index is -0.312. The van der Waals surface area contributed by atoms with Gasteiger partial charge in [-0.25, -0.2) is 18.6 Å². The maximum atomic E-state index is 13.9. The zero-order valence-corrected chi connectivity index (χ0v) is 13.0. The summed E-state index contributed by atoms with van der Waals surface area (Å²) in [5, 5.41) is 8.55. The number of rotatable bonds is 3. The number of hydrogen-bond acceptors (Lipinski definition) is 4. The van der Waals surface area contributed by atoms with Gasteiger partial charge in [0.2, 0.25) is 0 Å². The molecule has 0 saturated carbocycles. The van der Waals surface area contributed by atoms with Crippen LogP contribution in [0.15, 0.2) is 55.1 Å². The molecule has 6 nitrogen and oxygen atoms in total. The Balaban J connectivity index is 1.74. The molecule has 7 heteroatoms. The van der Waals surface area contributed by atoms with Gasteiger partial charge >= 0.3 is 0 Å². The van der Waals surface area contributed by atoms with Crippen LogP contribution in [0.4, 0.5) is 10.2 Å². The summed E-state index contributed by atoms with van der Waals surface area (Å²) in [6, 6.07) is 10.4. The van der Waals surface area contributed by atoms with Crippen LogP contribution in [0.25, 0.3) is 11.2 Å². The molecule has 0 radical (unpaired) electrons. The third kappa shape index (κ3) is 2.21. The number of anilines is 1. The molecule has 2 N–H and O–H groups in total. The van der Waals surface area contributed by atoms with Crippen molar-refractivity contribution in [2.24, 2.45) is 0 Å². The molecule has 4 aromatic rings. The lowest BCUT2D eigenvalue weighted by Crippen LogP contribution is -2.05. The van der Waals surface area contributed by atoms with Gasteiger partial charge in [-0.3, -0.25) is 0 Å². The van der Waals surface area contributed by atoms with Gasteiger partial charge in [0.15, 0.2) is 5.82 Å². The number of nitrogens with two attached hydrogens (primary N) is 1. The minimum absolute atomic E-state index is 0.0160. The summed E-state index contributed by atoms with van der Waals surface area (Å²) in [7, 11) is 0. The lowest BCUT2D eigenvalue weighted by molar-refractivity contribution is 0.611. The fraction of sp³-hybridized carbons (Fsp3) is 0.118. The number of nitrogen functional groups attached to an aromatic ring is 1. The Labute approximate surface area is 137 Å². The molecule has 1 unspecified atom stereocenters. The number of fused-ring (bicyclic) bond motifs is 1. The second-order valence-corrected chi connectivity index (χ2v) is 5.59. The van der Waals surface area contributed by atoms with Crippen LogP contribution < -0.4 is 5.73 Å². The monoisotopic (exact) mass is 322 g/mol. The van der Waals surface area contributed by atoms with E-state index in [-0.39, 0.29) is 11.7 Å². The van der Waals surface area contributed by atoms with Crippen molar-refractivity contribution in [3.8, 4) is 5.69 Å². The van der Waals surface area contributed by atoms with Crippen molar-refractivity contribution in [2.45, 2.75) is 12.8 Å². The van der Waals surface area contributed by atoms with Gasteiger partial charge in [-0.05, 0) is 29.8 Å². The summed E-state index contributed by atoms with van der Waals surface area (Å²) in [4.78, 5) is 3.99. The summed E-state index contributed by atoms with van der Waals surface area (Å²) in [5.41, 5.74) is 8.98. The predicted octanol–water partition coefficient (Wildman–Crippen LogP) is 2.79. The molecule has 0 saturated heterocycles. The van der Waals surface area contributed by atoms with Gasteiger partial charge < -0.3 is 5.73 Å². The molecule has 0 amide bonds. The van der Waals surface area contributed by atoms with Crippen LogP contribution >= 0.6 is 0 Å². The topological polar surface area (TPSA) is 74.0 Å². The Kier molecular flexibility index (Phi) is 3.26. The first-order valence-electron chi connectivity index (χ1n) is 7.52. The highest BCUT2D eigenvalue weighted by atomic mass is 19.1. The number of nitrogens with zero attached hydrogens (tertiary/aromatic N) is 5. The summed E-state index contributed by atoms with van der Waals surface area (Å²) in [5.74, 6) is 0.140. The van der Waals surface area contributed by atoms with Crippen molar-refractivity contribution in [1.29, 1.82) is 0 Å². The van der Waals surface area contributed by atoms with Crippen LogP contribution in [-0.4, -0.2) is 24.4 Å². The molecule has 120 valence electrons. The SMILES string of the molecule is CC(c1cnn(-c2ccccc2F)c1)c1ccc2c(N)ncnn12. The predicted molar refractivity (Wildman–Crippen MR) is 88.4 cm³/mol. The van der Waals surface area contributed by atoms with E-state index in [1.165, 1.54) is 12.4 Å². The molecule has 0 bridgehead atoms. The molecule has 0 spiro atoms. The van der Waals surface area contributed by atoms with Gasteiger partial charge in [-0.2, -0.15) is 10.2 Å². The highest BCUT2D eigenvalue weighted by molar-refractivity contribution is 5.65. The highest BCUT2D eigenvalue weighted by Gasteiger charge is 2.17. The third-order valence-corrected chi connectivity index (χ3v) is 4.16. The summed E-state index contributed by atoms with van der Waals surface area (Å²) >= 11 is 0. The van der Waals surface area contributed by atoms with E-state index in [1.54, 1.807) is 33.6 Å². The van der Waals surface area contributed by atoms with Crippen molar-refractivity contribution < 1.29 is 4.39 Å². The Morgan fingerprint density at radius 1 is 1.12 bits per heavy atom. The van der Waals surface area contributed by atoms with Crippen molar-refractivity contribution in [2.75, 3.05) is 5.73 Å². The van der Waals surface area contributed by atoms with Crippen molar-refractivity contribution in [3.05, 3.63) is 72.2 Å². The fourth-order valence-corrected chi connectivity index (χ4v) is 2.80. The zero-order valence-electron chi connectivity index (χ0n) is 13.0. The van der Waals surface area contributed by atoms with Crippen LogP contribution in [0.2, 0.25) is 0 Å². The first-order chi connectivity index (χ1) is 11.6. The average Bonchev–Trinajstić information content (AvgIpc) is 3.22. The van der Waals surface area contributed by atoms with Gasteiger partial charge in [0, 0.05) is 12.1 Å². The van der Waals surface area contributed by atoms with Gasteiger partial charge in [-0.15, -0.1) is 0 Å². The number of hydrogen-bond donors (Lipinski definition) is 1. The number of benzene rings is 1. The Morgan fingerprint density at radius 3 is 2.79 bits per heavy atom. The van der Waals surface area contributed by atoms with Crippen LogP contribution in [0, 0.1) is 5.82 Å². The van der Waals surface area contributed by atoms with E-state index in [9.17, 15) is 4.39 Å². The third-order valence-electron chi connectivity index (χ3n) is 4.16. The number of para-hydroxylation sites is 1. The number of aromatic nitrogens is 5. The molecular weight excluding hydrogens is 307 g/mol. The fourth-order valence-electron chi connectivity index (χ4n) is 2.80.